The van der Waals surface area contributed by atoms with Crippen LogP contribution in [0.25, 0.3) is 10.9 Å². The second kappa shape index (κ2) is 8.91. The zero-order chi connectivity index (χ0) is 23.8. The average Bonchev–Trinajstić information content (AvgIpc) is 2.80. The third-order valence-electron chi connectivity index (χ3n) is 6.20. The van der Waals surface area contributed by atoms with Gasteiger partial charge < -0.3 is 14.2 Å². The van der Waals surface area contributed by atoms with Crippen LogP contribution in [-0.2, 0) is 16.7 Å². The molecule has 172 valence electrons. The van der Waals surface area contributed by atoms with E-state index in [9.17, 15) is 10.1 Å². The van der Waals surface area contributed by atoms with E-state index in [0.717, 1.165) is 42.6 Å². The third kappa shape index (κ3) is 4.60. The Hall–Kier alpha value is -3.31. The summed E-state index contributed by atoms with van der Waals surface area (Å²) >= 11 is 0. The van der Waals surface area contributed by atoms with Crippen molar-refractivity contribution < 1.29 is 4.74 Å². The first-order valence-electron chi connectivity index (χ1n) is 10.9. The molecule has 0 radical (unpaired) electrons. The third-order valence-corrected chi connectivity index (χ3v) is 6.86. The lowest BCUT2D eigenvalue weighted by Crippen LogP contribution is -2.35. The van der Waals surface area contributed by atoms with E-state index in [0.29, 0.717) is 17.3 Å². The Labute approximate surface area is 194 Å². The van der Waals surface area contributed by atoms with E-state index in [2.05, 4.69) is 27.5 Å². The number of rotatable bonds is 4. The first-order chi connectivity index (χ1) is 15.7. The Morgan fingerprint density at radius 3 is 2.39 bits per heavy atom. The Bertz CT molecular complexity index is 1410. The van der Waals surface area contributed by atoms with Crippen molar-refractivity contribution in [3.63, 3.8) is 0 Å². The van der Waals surface area contributed by atoms with Gasteiger partial charge in [0.2, 0.25) is 0 Å². The number of ether oxygens (including phenoxy) is 1. The number of fused-ring (bicyclic) bond motifs is 1. The second-order valence-electron chi connectivity index (χ2n) is 8.80. The zero-order valence-electron chi connectivity index (χ0n) is 19.5. The van der Waals surface area contributed by atoms with Gasteiger partial charge in [-0.3, -0.25) is 9.57 Å². The van der Waals surface area contributed by atoms with E-state index in [1.165, 1.54) is 10.1 Å². The molecule has 1 aliphatic rings. The van der Waals surface area contributed by atoms with Gasteiger partial charge in [-0.2, -0.15) is 5.26 Å². The molecule has 1 fully saturated rings. The summed E-state index contributed by atoms with van der Waals surface area (Å²) in [4.78, 5) is 15.2. The van der Waals surface area contributed by atoms with Crippen molar-refractivity contribution in [1.29, 1.82) is 10.0 Å². The molecule has 1 saturated heterocycles. The van der Waals surface area contributed by atoms with Gasteiger partial charge in [-0.15, -0.1) is 0 Å². The number of aromatic nitrogens is 1. The van der Waals surface area contributed by atoms with Gasteiger partial charge in [-0.05, 0) is 54.7 Å². The number of piperidine rings is 1. The van der Waals surface area contributed by atoms with Crippen LogP contribution in [0.3, 0.4) is 0 Å². The second-order valence-corrected chi connectivity index (χ2v) is 11.5. The van der Waals surface area contributed by atoms with Crippen molar-refractivity contribution in [1.82, 2.24) is 4.57 Å². The van der Waals surface area contributed by atoms with Gasteiger partial charge in [0.1, 0.15) is 17.4 Å². The highest BCUT2D eigenvalue weighted by molar-refractivity contribution is 7.93. The Balaban J connectivity index is 1.72. The van der Waals surface area contributed by atoms with E-state index in [4.69, 9.17) is 9.52 Å². The van der Waals surface area contributed by atoms with Crippen LogP contribution in [0.5, 0.6) is 5.75 Å². The minimum atomic E-state index is -1.83. The smallest absolute Gasteiger partial charge is 0.270 e. The molecule has 0 spiro atoms. The summed E-state index contributed by atoms with van der Waals surface area (Å²) in [5.74, 6) is 1.28. The molecule has 0 unspecified atom stereocenters. The largest absolute Gasteiger partial charge is 0.497 e. The van der Waals surface area contributed by atoms with Crippen molar-refractivity contribution in [2.24, 2.45) is 11.4 Å². The summed E-state index contributed by atoms with van der Waals surface area (Å²) in [5, 5.41) is 10.7. The maximum atomic E-state index is 13.1. The van der Waals surface area contributed by atoms with Gasteiger partial charge in [0.15, 0.2) is 0 Å². The number of hydrogen-bond donors (Lipinski definition) is 1. The van der Waals surface area contributed by atoms with Crippen LogP contribution in [0.1, 0.15) is 29.9 Å². The lowest BCUT2D eigenvalue weighted by molar-refractivity contribution is 0.414. The number of nitrogens with one attached hydrogen (secondary N) is 1. The summed E-state index contributed by atoms with van der Waals surface area (Å²) in [7, 11) is 1.52. The number of nitrogens with zero attached hydrogens (tertiary/aromatic N) is 4. The van der Waals surface area contributed by atoms with Crippen LogP contribution in [0.15, 0.2) is 51.6 Å². The van der Waals surface area contributed by atoms with Gasteiger partial charge in [0.25, 0.3) is 5.56 Å². The lowest BCUT2D eigenvalue weighted by atomic mass is 9.89. The molecular weight excluding hydrogens is 434 g/mol. The number of anilines is 1. The van der Waals surface area contributed by atoms with Gasteiger partial charge in [0.05, 0.1) is 24.0 Å². The van der Waals surface area contributed by atoms with E-state index in [-0.39, 0.29) is 11.1 Å². The highest BCUT2D eigenvalue weighted by atomic mass is 32.2. The van der Waals surface area contributed by atoms with Crippen LogP contribution in [0, 0.1) is 16.1 Å². The molecule has 8 heteroatoms. The van der Waals surface area contributed by atoms with E-state index < -0.39 is 9.62 Å². The summed E-state index contributed by atoms with van der Waals surface area (Å²) in [6, 6.07) is 16.1. The summed E-state index contributed by atoms with van der Waals surface area (Å²) in [5.41, 5.74) is 3.30. The minimum absolute atomic E-state index is 0.184. The normalized spacial score (nSPS) is 14.8. The summed E-state index contributed by atoms with van der Waals surface area (Å²) < 4.78 is 19.4. The minimum Gasteiger partial charge on any atom is -0.497 e. The molecule has 1 aliphatic heterocycles. The molecule has 3 aromatic rings. The maximum Gasteiger partial charge on any atom is 0.270 e. The number of methoxy groups -OCH3 is 1. The fourth-order valence-electron chi connectivity index (χ4n) is 4.57. The molecule has 1 aromatic heterocycles. The van der Waals surface area contributed by atoms with Crippen molar-refractivity contribution in [2.75, 3.05) is 37.6 Å². The van der Waals surface area contributed by atoms with Gasteiger partial charge in [0, 0.05) is 38.0 Å². The molecule has 0 saturated carbocycles. The fraction of sp³-hybridized carbons (Fsp3) is 0.360. The average molecular weight is 464 g/mol. The number of benzene rings is 2. The molecule has 0 bridgehead atoms. The van der Waals surface area contributed by atoms with E-state index >= 15 is 0 Å². The molecule has 33 heavy (non-hydrogen) atoms. The molecule has 2 heterocycles. The monoisotopic (exact) mass is 463 g/mol. The summed E-state index contributed by atoms with van der Waals surface area (Å²) in [6.45, 7) is 1.54. The van der Waals surface area contributed by atoms with Crippen LogP contribution >= 0.6 is 0 Å². The van der Waals surface area contributed by atoms with Gasteiger partial charge in [-0.1, -0.05) is 21.8 Å². The molecule has 0 amide bonds. The summed E-state index contributed by atoms with van der Waals surface area (Å²) in [6.07, 6.45) is 5.48. The van der Waals surface area contributed by atoms with Crippen LogP contribution in [-0.4, -0.2) is 37.3 Å². The SMILES string of the molecule is COc1ccc(C2CCN(c3c(C#N)c(=O)n(C)c4cc(N=S(C)(C)=N)ccc34)CC2)cc1. The predicted molar refractivity (Wildman–Crippen MR) is 135 cm³/mol. The predicted octanol–water partition coefficient (Wildman–Crippen LogP) is 4.79. The Morgan fingerprint density at radius 1 is 1.15 bits per heavy atom. The molecule has 4 rings (SSSR count). The topological polar surface area (TPSA) is 94.5 Å². The van der Waals surface area contributed by atoms with Crippen LogP contribution < -0.4 is 15.2 Å². The number of aryl methyl sites for hydroxylation is 1. The zero-order valence-corrected chi connectivity index (χ0v) is 20.3. The molecule has 0 aliphatic carbocycles. The lowest BCUT2D eigenvalue weighted by Gasteiger charge is -2.35. The van der Waals surface area contributed by atoms with Crippen molar-refractivity contribution >= 4 is 31.9 Å². The number of pyridine rings is 1. The Morgan fingerprint density at radius 2 is 1.82 bits per heavy atom. The van der Waals surface area contributed by atoms with Gasteiger partial charge in [-0.25, -0.2) is 4.36 Å². The van der Waals surface area contributed by atoms with Crippen molar-refractivity contribution in [3.05, 3.63) is 63.9 Å². The van der Waals surface area contributed by atoms with Crippen molar-refractivity contribution in [2.45, 2.75) is 18.8 Å². The van der Waals surface area contributed by atoms with E-state index in [1.54, 1.807) is 26.7 Å². The number of nitriles is 1. The highest BCUT2D eigenvalue weighted by Crippen LogP contribution is 2.36. The highest BCUT2D eigenvalue weighted by Gasteiger charge is 2.26. The first-order valence-corrected chi connectivity index (χ1v) is 13.3. The fourth-order valence-corrected chi connectivity index (χ4v) is 5.21. The molecule has 7 nitrogen and oxygen atoms in total. The van der Waals surface area contributed by atoms with Crippen LogP contribution in [0.4, 0.5) is 11.4 Å². The molecular formula is C25H29N5O2S. The Kier molecular flexibility index (Phi) is 6.17. The maximum absolute atomic E-state index is 13.1. The number of hydrogen-bond acceptors (Lipinski definition) is 6. The first kappa shape index (κ1) is 22.9. The van der Waals surface area contributed by atoms with Crippen molar-refractivity contribution in [3.8, 4) is 11.8 Å². The van der Waals surface area contributed by atoms with Crippen LogP contribution in [0.2, 0.25) is 0 Å². The van der Waals surface area contributed by atoms with Gasteiger partial charge >= 0.3 is 0 Å². The molecule has 2 aromatic carbocycles. The molecule has 0 atom stereocenters. The standard InChI is InChI=1S/C25H29N5O2S/c1-29-23-15-19(28-33(3,4)27)7-10-21(23)24(22(16-26)25(29)31)30-13-11-18(12-14-30)17-5-8-20(32-2)9-6-17/h5-10,15,18,27H,11-14H2,1-4H3. The van der Waals surface area contributed by atoms with E-state index in [1.807, 2.05) is 30.3 Å². The molecule has 1 N–H and O–H groups in total. The quantitative estimate of drug-likeness (QED) is 0.602.